The molecule has 0 radical (unpaired) electrons. The highest BCUT2D eigenvalue weighted by atomic mass is 35.5. The minimum atomic E-state index is -0.146. The Kier molecular flexibility index (Phi) is 4.39. The van der Waals surface area contributed by atoms with Crippen LogP contribution in [0.2, 0.25) is 5.02 Å². The van der Waals surface area contributed by atoms with Crippen LogP contribution in [0.5, 0.6) is 0 Å². The Morgan fingerprint density at radius 2 is 2.21 bits per heavy atom. The Morgan fingerprint density at radius 3 is 2.84 bits per heavy atom. The van der Waals surface area contributed by atoms with Gasteiger partial charge in [0.25, 0.3) is 5.89 Å². The average Bonchev–Trinajstić information content (AvgIpc) is 2.88. The number of hydrogen-bond donors (Lipinski definition) is 1. The van der Waals surface area contributed by atoms with Gasteiger partial charge in [0.05, 0.1) is 10.7 Å². The van der Waals surface area contributed by atoms with E-state index in [4.69, 9.17) is 26.6 Å². The van der Waals surface area contributed by atoms with Crippen LogP contribution in [0, 0.1) is 0 Å². The maximum absolute atomic E-state index is 5.88. The van der Waals surface area contributed by atoms with Gasteiger partial charge in [-0.15, -0.1) is 0 Å². The first-order chi connectivity index (χ1) is 9.15. The second-order valence-electron chi connectivity index (χ2n) is 4.05. The molecule has 5 nitrogen and oxygen atoms in total. The molecular weight excluding hydrogens is 266 g/mol. The van der Waals surface area contributed by atoms with Crippen molar-refractivity contribution >= 4 is 17.3 Å². The number of nitrogens with zero attached hydrogens (tertiary/aromatic N) is 2. The van der Waals surface area contributed by atoms with Gasteiger partial charge < -0.3 is 15.0 Å². The van der Waals surface area contributed by atoms with Gasteiger partial charge in [0.2, 0.25) is 5.82 Å². The topological polar surface area (TPSA) is 74.2 Å². The highest BCUT2D eigenvalue weighted by Gasteiger charge is 2.17. The molecule has 1 unspecified atom stereocenters. The zero-order valence-corrected chi connectivity index (χ0v) is 11.6. The van der Waals surface area contributed by atoms with Gasteiger partial charge in [0, 0.05) is 12.2 Å². The third kappa shape index (κ3) is 3.05. The van der Waals surface area contributed by atoms with Crippen molar-refractivity contribution in [2.75, 3.05) is 12.3 Å². The van der Waals surface area contributed by atoms with Crippen molar-refractivity contribution < 1.29 is 9.26 Å². The minimum Gasteiger partial charge on any atom is -0.398 e. The third-order valence-corrected chi connectivity index (χ3v) is 3.06. The summed E-state index contributed by atoms with van der Waals surface area (Å²) in [5.41, 5.74) is 6.98. The summed E-state index contributed by atoms with van der Waals surface area (Å²) in [7, 11) is 0. The van der Waals surface area contributed by atoms with Crippen molar-refractivity contribution in [1.29, 1.82) is 0 Å². The maximum atomic E-state index is 5.88. The van der Waals surface area contributed by atoms with E-state index in [9.17, 15) is 0 Å². The Balaban J connectivity index is 2.27. The lowest BCUT2D eigenvalue weighted by atomic mass is 10.2. The van der Waals surface area contributed by atoms with Crippen molar-refractivity contribution in [3.63, 3.8) is 0 Å². The molecule has 1 aromatic heterocycles. The number of benzene rings is 1. The maximum Gasteiger partial charge on any atom is 0.258 e. The minimum absolute atomic E-state index is 0.146. The monoisotopic (exact) mass is 281 g/mol. The number of rotatable bonds is 5. The van der Waals surface area contributed by atoms with E-state index in [-0.39, 0.29) is 6.10 Å². The summed E-state index contributed by atoms with van der Waals surface area (Å²) in [5, 5.41) is 4.45. The molecule has 1 atom stereocenters. The average molecular weight is 282 g/mol. The van der Waals surface area contributed by atoms with Crippen molar-refractivity contribution in [1.82, 2.24) is 10.1 Å². The molecule has 0 spiro atoms. The Labute approximate surface area is 116 Å². The first-order valence-electron chi connectivity index (χ1n) is 6.16. The van der Waals surface area contributed by atoms with Crippen LogP contribution in [0.4, 0.5) is 5.69 Å². The predicted molar refractivity (Wildman–Crippen MR) is 73.8 cm³/mol. The Morgan fingerprint density at radius 1 is 1.42 bits per heavy atom. The Hall–Kier alpha value is -1.59. The molecule has 0 fully saturated rings. The van der Waals surface area contributed by atoms with E-state index in [2.05, 4.69) is 10.1 Å². The molecule has 0 aliphatic rings. The second-order valence-corrected chi connectivity index (χ2v) is 4.45. The smallest absolute Gasteiger partial charge is 0.258 e. The summed E-state index contributed by atoms with van der Waals surface area (Å²) in [4.78, 5) is 4.34. The summed E-state index contributed by atoms with van der Waals surface area (Å²) < 4.78 is 10.8. The fraction of sp³-hybridized carbons (Fsp3) is 0.385. The highest BCUT2D eigenvalue weighted by Crippen LogP contribution is 2.27. The summed E-state index contributed by atoms with van der Waals surface area (Å²) in [6.45, 7) is 4.55. The fourth-order valence-electron chi connectivity index (χ4n) is 1.74. The van der Waals surface area contributed by atoms with Gasteiger partial charge in [-0.3, -0.25) is 0 Å². The molecule has 1 aromatic carbocycles. The van der Waals surface area contributed by atoms with Gasteiger partial charge in [-0.05, 0) is 31.5 Å². The normalized spacial score (nSPS) is 12.6. The fourth-order valence-corrected chi connectivity index (χ4v) is 1.85. The van der Waals surface area contributed by atoms with E-state index in [0.717, 1.165) is 12.0 Å². The molecule has 19 heavy (non-hydrogen) atoms. The van der Waals surface area contributed by atoms with E-state index in [1.807, 2.05) is 13.8 Å². The highest BCUT2D eigenvalue weighted by molar-refractivity contribution is 6.33. The molecule has 2 aromatic rings. The summed E-state index contributed by atoms with van der Waals surface area (Å²) in [6, 6.07) is 5.20. The van der Waals surface area contributed by atoms with Crippen LogP contribution in [-0.2, 0) is 4.74 Å². The predicted octanol–water partition coefficient (Wildman–Crippen LogP) is 3.46. The largest absolute Gasteiger partial charge is 0.398 e. The van der Waals surface area contributed by atoms with E-state index in [0.29, 0.717) is 29.0 Å². The van der Waals surface area contributed by atoms with E-state index in [1.54, 1.807) is 18.2 Å². The van der Waals surface area contributed by atoms with Crippen molar-refractivity contribution in [3.8, 4) is 11.5 Å². The SMILES string of the molecule is CCOC(CC)c1noc(-c2ccc(Cl)c(N)c2)n1. The summed E-state index contributed by atoms with van der Waals surface area (Å²) in [6.07, 6.45) is 0.641. The van der Waals surface area contributed by atoms with Crippen LogP contribution in [0.15, 0.2) is 22.7 Å². The number of ether oxygens (including phenoxy) is 1. The zero-order valence-electron chi connectivity index (χ0n) is 10.9. The lowest BCUT2D eigenvalue weighted by Gasteiger charge is -2.09. The van der Waals surface area contributed by atoms with Crippen LogP contribution in [0.25, 0.3) is 11.5 Å². The molecule has 2 rings (SSSR count). The number of anilines is 1. The van der Waals surface area contributed by atoms with E-state index in [1.165, 1.54) is 0 Å². The van der Waals surface area contributed by atoms with Crippen molar-refractivity contribution in [3.05, 3.63) is 29.0 Å². The van der Waals surface area contributed by atoms with Crippen molar-refractivity contribution in [2.45, 2.75) is 26.4 Å². The van der Waals surface area contributed by atoms with Crippen LogP contribution in [-0.4, -0.2) is 16.7 Å². The molecule has 102 valence electrons. The molecule has 0 bridgehead atoms. The van der Waals surface area contributed by atoms with Gasteiger partial charge in [-0.1, -0.05) is 23.7 Å². The van der Waals surface area contributed by atoms with Gasteiger partial charge in [0.1, 0.15) is 6.10 Å². The van der Waals surface area contributed by atoms with Gasteiger partial charge in [-0.2, -0.15) is 4.98 Å². The number of nitrogens with two attached hydrogens (primary N) is 1. The van der Waals surface area contributed by atoms with Gasteiger partial charge in [-0.25, -0.2) is 0 Å². The molecular formula is C13H16ClN3O2. The first-order valence-corrected chi connectivity index (χ1v) is 6.54. The molecule has 0 aliphatic heterocycles. The molecule has 6 heteroatoms. The number of hydrogen-bond acceptors (Lipinski definition) is 5. The first kappa shape index (κ1) is 13.8. The van der Waals surface area contributed by atoms with Crippen LogP contribution in [0.1, 0.15) is 32.2 Å². The van der Waals surface area contributed by atoms with Crippen LogP contribution >= 0.6 is 11.6 Å². The number of nitrogen functional groups attached to an aromatic ring is 1. The van der Waals surface area contributed by atoms with Crippen LogP contribution < -0.4 is 5.73 Å². The second kappa shape index (κ2) is 6.04. The van der Waals surface area contributed by atoms with Crippen LogP contribution in [0.3, 0.4) is 0 Å². The molecule has 0 aliphatic carbocycles. The van der Waals surface area contributed by atoms with E-state index >= 15 is 0 Å². The van der Waals surface area contributed by atoms with Gasteiger partial charge in [0.15, 0.2) is 0 Å². The molecule has 0 saturated heterocycles. The Bertz CT molecular complexity index is 557. The zero-order chi connectivity index (χ0) is 13.8. The molecule has 0 amide bonds. The summed E-state index contributed by atoms with van der Waals surface area (Å²) >= 11 is 5.88. The van der Waals surface area contributed by atoms with Gasteiger partial charge >= 0.3 is 0 Å². The van der Waals surface area contributed by atoms with E-state index < -0.39 is 0 Å². The lowest BCUT2D eigenvalue weighted by molar-refractivity contribution is 0.0518. The van der Waals surface area contributed by atoms with Crippen molar-refractivity contribution in [2.24, 2.45) is 0 Å². The molecule has 0 saturated carbocycles. The standard InChI is InChI=1S/C13H16ClN3O2/c1-3-11(18-4-2)12-16-13(19-17-12)8-5-6-9(14)10(15)7-8/h5-7,11H,3-4,15H2,1-2H3. The third-order valence-electron chi connectivity index (χ3n) is 2.71. The quantitative estimate of drug-likeness (QED) is 0.850. The number of aromatic nitrogens is 2. The summed E-state index contributed by atoms with van der Waals surface area (Å²) in [5.74, 6) is 0.962. The molecule has 1 heterocycles. The lowest BCUT2D eigenvalue weighted by Crippen LogP contribution is -2.04. The molecule has 2 N–H and O–H groups in total. The number of halogens is 1.